The molecule has 0 aliphatic rings. The molecule has 28 heavy (non-hydrogen) atoms. The number of aromatic nitrogens is 2. The van der Waals surface area contributed by atoms with E-state index in [4.69, 9.17) is 4.74 Å². The quantitative estimate of drug-likeness (QED) is 0.670. The van der Waals surface area contributed by atoms with Gasteiger partial charge >= 0.3 is 0 Å². The summed E-state index contributed by atoms with van der Waals surface area (Å²) >= 11 is 0. The fraction of sp³-hybridized carbons (Fsp3) is 0.227. The molecule has 0 bridgehead atoms. The number of nitrogens with zero attached hydrogens (tertiary/aromatic N) is 2. The Morgan fingerprint density at radius 2 is 1.71 bits per heavy atom. The minimum absolute atomic E-state index is 0.0637. The lowest BCUT2D eigenvalue weighted by Crippen LogP contribution is -2.15. The molecular weight excluding hydrogens is 352 g/mol. The number of carbonyl (C=O) groups is 1. The summed E-state index contributed by atoms with van der Waals surface area (Å²) in [6, 6.07) is 16.9. The molecule has 1 amide bonds. The highest BCUT2D eigenvalue weighted by molar-refractivity contribution is 6.03. The summed E-state index contributed by atoms with van der Waals surface area (Å²) in [5.41, 5.74) is 3.01. The van der Waals surface area contributed by atoms with Crippen LogP contribution in [0.15, 0.2) is 60.9 Å². The van der Waals surface area contributed by atoms with Crippen LogP contribution in [-0.4, -0.2) is 23.0 Å². The molecule has 0 unspecified atom stereocenters. The molecule has 2 aromatic carbocycles. The van der Waals surface area contributed by atoms with Crippen molar-refractivity contribution >= 4 is 23.1 Å². The first-order valence-electron chi connectivity index (χ1n) is 9.01. The maximum atomic E-state index is 12.6. The van der Waals surface area contributed by atoms with Crippen molar-refractivity contribution in [3.63, 3.8) is 0 Å². The second-order valence-corrected chi connectivity index (χ2v) is 7.40. The summed E-state index contributed by atoms with van der Waals surface area (Å²) < 4.78 is 5.32. The number of carbonyl (C=O) groups excluding carboxylic acids is 1. The average Bonchev–Trinajstić information content (AvgIpc) is 2.68. The Morgan fingerprint density at radius 1 is 1.00 bits per heavy atom. The Kier molecular flexibility index (Phi) is 5.59. The van der Waals surface area contributed by atoms with E-state index in [1.165, 1.54) is 11.9 Å². The van der Waals surface area contributed by atoms with Crippen LogP contribution < -0.4 is 15.4 Å². The molecule has 6 nitrogen and oxygen atoms in total. The molecule has 0 fully saturated rings. The normalized spacial score (nSPS) is 11.0. The minimum Gasteiger partial charge on any atom is -0.495 e. The Bertz CT molecular complexity index is 963. The van der Waals surface area contributed by atoms with E-state index in [2.05, 4.69) is 41.4 Å². The van der Waals surface area contributed by atoms with Crippen LogP contribution in [-0.2, 0) is 5.41 Å². The number of methoxy groups -OCH3 is 1. The van der Waals surface area contributed by atoms with Crippen LogP contribution >= 0.6 is 0 Å². The summed E-state index contributed by atoms with van der Waals surface area (Å²) in [5.74, 6) is 0.896. The Hall–Kier alpha value is -3.41. The van der Waals surface area contributed by atoms with Crippen molar-refractivity contribution < 1.29 is 9.53 Å². The third-order valence-electron chi connectivity index (χ3n) is 4.28. The number of hydrogen-bond donors (Lipinski definition) is 2. The van der Waals surface area contributed by atoms with Crippen molar-refractivity contribution in [1.29, 1.82) is 0 Å². The van der Waals surface area contributed by atoms with E-state index in [1.54, 1.807) is 13.2 Å². The van der Waals surface area contributed by atoms with Crippen molar-refractivity contribution in [3.05, 3.63) is 72.2 Å². The van der Waals surface area contributed by atoms with E-state index >= 15 is 0 Å². The molecule has 0 saturated carbocycles. The zero-order valence-corrected chi connectivity index (χ0v) is 16.5. The maximum absolute atomic E-state index is 12.6. The van der Waals surface area contributed by atoms with Gasteiger partial charge < -0.3 is 15.4 Å². The van der Waals surface area contributed by atoms with Gasteiger partial charge in [-0.25, -0.2) is 9.97 Å². The van der Waals surface area contributed by atoms with E-state index in [0.29, 0.717) is 11.6 Å². The molecule has 3 rings (SSSR count). The third kappa shape index (κ3) is 4.65. The van der Waals surface area contributed by atoms with Crippen molar-refractivity contribution in [2.24, 2.45) is 0 Å². The number of ether oxygens (including phenoxy) is 1. The fourth-order valence-corrected chi connectivity index (χ4v) is 2.68. The molecule has 0 saturated heterocycles. The summed E-state index contributed by atoms with van der Waals surface area (Å²) in [5, 5.41) is 6.02. The van der Waals surface area contributed by atoms with Gasteiger partial charge in [-0.3, -0.25) is 4.79 Å². The largest absolute Gasteiger partial charge is 0.495 e. The second kappa shape index (κ2) is 8.08. The van der Waals surface area contributed by atoms with Gasteiger partial charge in [-0.15, -0.1) is 0 Å². The highest BCUT2D eigenvalue weighted by Crippen LogP contribution is 2.26. The number of para-hydroxylation sites is 2. The smallest absolute Gasteiger partial charge is 0.274 e. The average molecular weight is 376 g/mol. The van der Waals surface area contributed by atoms with Crippen LogP contribution in [0.25, 0.3) is 0 Å². The molecule has 2 N–H and O–H groups in total. The first kappa shape index (κ1) is 19.4. The standard InChI is InChI=1S/C22H24N4O2/c1-22(2,3)15-9-11-16(12-10-15)25-21(27)18-13-20(24-14-23-18)26-17-7-5-6-8-19(17)28-4/h5-14H,1-4H3,(H,25,27)(H,23,24,26). The van der Waals surface area contributed by atoms with Gasteiger partial charge in [-0.2, -0.15) is 0 Å². The molecule has 144 valence electrons. The Morgan fingerprint density at radius 3 is 2.39 bits per heavy atom. The Balaban J connectivity index is 1.73. The lowest BCUT2D eigenvalue weighted by atomic mass is 9.87. The van der Waals surface area contributed by atoms with E-state index in [9.17, 15) is 4.79 Å². The van der Waals surface area contributed by atoms with Crippen LogP contribution in [0.1, 0.15) is 36.8 Å². The van der Waals surface area contributed by atoms with Gasteiger partial charge in [0.15, 0.2) is 0 Å². The zero-order chi connectivity index (χ0) is 20.1. The molecule has 0 atom stereocenters. The van der Waals surface area contributed by atoms with E-state index in [0.717, 1.165) is 11.4 Å². The lowest BCUT2D eigenvalue weighted by molar-refractivity contribution is 0.102. The highest BCUT2D eigenvalue weighted by atomic mass is 16.5. The van der Waals surface area contributed by atoms with Gasteiger partial charge in [0.2, 0.25) is 0 Å². The fourth-order valence-electron chi connectivity index (χ4n) is 2.68. The number of anilines is 3. The molecule has 3 aromatic rings. The minimum atomic E-state index is -0.297. The number of rotatable bonds is 5. The monoisotopic (exact) mass is 376 g/mol. The number of nitrogens with one attached hydrogen (secondary N) is 2. The molecule has 0 aliphatic carbocycles. The van der Waals surface area contributed by atoms with Crippen molar-refractivity contribution in [3.8, 4) is 5.75 Å². The van der Waals surface area contributed by atoms with E-state index < -0.39 is 0 Å². The van der Waals surface area contributed by atoms with E-state index in [-0.39, 0.29) is 17.0 Å². The summed E-state index contributed by atoms with van der Waals surface area (Å²) in [6.07, 6.45) is 1.36. The summed E-state index contributed by atoms with van der Waals surface area (Å²) in [6.45, 7) is 6.45. The van der Waals surface area contributed by atoms with Gasteiger partial charge in [-0.05, 0) is 35.2 Å². The van der Waals surface area contributed by atoms with Gasteiger partial charge in [0.05, 0.1) is 12.8 Å². The SMILES string of the molecule is COc1ccccc1Nc1cc(C(=O)Nc2ccc(C(C)(C)C)cc2)ncn1. The van der Waals surface area contributed by atoms with Crippen LogP contribution in [0.2, 0.25) is 0 Å². The molecule has 0 radical (unpaired) electrons. The van der Waals surface area contributed by atoms with Gasteiger partial charge in [0.1, 0.15) is 23.6 Å². The third-order valence-corrected chi connectivity index (χ3v) is 4.28. The van der Waals surface area contributed by atoms with Gasteiger partial charge in [0.25, 0.3) is 5.91 Å². The number of benzene rings is 2. The lowest BCUT2D eigenvalue weighted by Gasteiger charge is -2.19. The van der Waals surface area contributed by atoms with Gasteiger partial charge in [-0.1, -0.05) is 45.0 Å². The summed E-state index contributed by atoms with van der Waals surface area (Å²) in [7, 11) is 1.60. The topological polar surface area (TPSA) is 76.1 Å². The van der Waals surface area contributed by atoms with Crippen LogP contribution in [0.4, 0.5) is 17.2 Å². The number of amides is 1. The number of hydrogen-bond acceptors (Lipinski definition) is 5. The predicted octanol–water partition coefficient (Wildman–Crippen LogP) is 4.78. The maximum Gasteiger partial charge on any atom is 0.274 e. The Labute approximate surface area is 165 Å². The zero-order valence-electron chi connectivity index (χ0n) is 16.5. The van der Waals surface area contributed by atoms with E-state index in [1.807, 2.05) is 48.5 Å². The molecule has 1 heterocycles. The molecule has 0 spiro atoms. The van der Waals surface area contributed by atoms with Crippen molar-refractivity contribution in [1.82, 2.24) is 9.97 Å². The predicted molar refractivity (Wildman–Crippen MR) is 111 cm³/mol. The van der Waals surface area contributed by atoms with Crippen LogP contribution in [0.3, 0.4) is 0 Å². The molecule has 6 heteroatoms. The second-order valence-electron chi connectivity index (χ2n) is 7.40. The molecular formula is C22H24N4O2. The summed E-state index contributed by atoms with van der Waals surface area (Å²) in [4.78, 5) is 20.8. The molecule has 0 aliphatic heterocycles. The van der Waals surface area contributed by atoms with Crippen molar-refractivity contribution in [2.75, 3.05) is 17.7 Å². The highest BCUT2D eigenvalue weighted by Gasteiger charge is 2.14. The first-order chi connectivity index (χ1) is 13.4. The molecule has 1 aromatic heterocycles. The van der Waals surface area contributed by atoms with Gasteiger partial charge in [0, 0.05) is 11.8 Å². The van der Waals surface area contributed by atoms with Crippen LogP contribution in [0, 0.1) is 0 Å². The first-order valence-corrected chi connectivity index (χ1v) is 9.01. The van der Waals surface area contributed by atoms with Crippen LogP contribution in [0.5, 0.6) is 5.75 Å². The van der Waals surface area contributed by atoms with Crippen molar-refractivity contribution in [2.45, 2.75) is 26.2 Å².